The Balaban J connectivity index is 0.00000320. The molecule has 8 heteroatoms. The van der Waals surface area contributed by atoms with Crippen molar-refractivity contribution in [3.63, 3.8) is 0 Å². The van der Waals surface area contributed by atoms with Crippen molar-refractivity contribution in [3.8, 4) is 0 Å². The fourth-order valence-corrected chi connectivity index (χ4v) is 4.16. The molecule has 3 rings (SSSR count). The molecule has 2 aliphatic heterocycles. The second-order valence-electron chi connectivity index (χ2n) is 8.81. The van der Waals surface area contributed by atoms with Crippen LogP contribution in [0, 0.1) is 0 Å². The quantitative estimate of drug-likeness (QED) is 0.251. The second-order valence-corrected chi connectivity index (χ2v) is 8.81. The molecule has 2 bridgehead atoms. The third kappa shape index (κ3) is 6.92. The van der Waals surface area contributed by atoms with E-state index in [9.17, 15) is 4.79 Å². The lowest BCUT2D eigenvalue weighted by molar-refractivity contribution is 0.00545. The molecule has 0 aromatic carbocycles. The first-order chi connectivity index (χ1) is 13.9. The molecule has 2 atom stereocenters. The van der Waals surface area contributed by atoms with Gasteiger partial charge in [0.2, 0.25) is 0 Å². The van der Waals surface area contributed by atoms with E-state index in [1.807, 2.05) is 43.9 Å². The first kappa shape index (κ1) is 24.6. The molecule has 0 spiro atoms. The fourth-order valence-electron chi connectivity index (χ4n) is 4.16. The van der Waals surface area contributed by atoms with Gasteiger partial charge >= 0.3 is 6.09 Å². The maximum Gasteiger partial charge on any atom is 0.410 e. The fraction of sp³-hybridized carbons (Fsp3) is 0.636. The van der Waals surface area contributed by atoms with Crippen molar-refractivity contribution in [3.05, 3.63) is 36.8 Å². The number of hydrogen-bond acceptors (Lipinski definition) is 4. The summed E-state index contributed by atoms with van der Waals surface area (Å²) in [7, 11) is 0. The maximum absolute atomic E-state index is 12.6. The van der Waals surface area contributed by atoms with Gasteiger partial charge in [0, 0.05) is 37.6 Å². The number of carbonyl (C=O) groups excluding carboxylic acids is 1. The molecule has 1 aromatic rings. The zero-order valence-corrected chi connectivity index (χ0v) is 20.6. The molecule has 2 aliphatic rings. The number of rotatable bonds is 6. The van der Waals surface area contributed by atoms with E-state index in [1.165, 1.54) is 0 Å². The van der Waals surface area contributed by atoms with Crippen molar-refractivity contribution in [1.29, 1.82) is 0 Å². The van der Waals surface area contributed by atoms with E-state index in [-0.39, 0.29) is 48.2 Å². The third-order valence-electron chi connectivity index (χ3n) is 5.30. The van der Waals surface area contributed by atoms with Gasteiger partial charge in [-0.3, -0.25) is 4.99 Å². The van der Waals surface area contributed by atoms with Gasteiger partial charge in [-0.2, -0.15) is 0 Å². The Morgan fingerprint density at radius 1 is 1.37 bits per heavy atom. The summed E-state index contributed by atoms with van der Waals surface area (Å²) in [5.74, 6) is 1.71. The van der Waals surface area contributed by atoms with Crippen LogP contribution in [0.3, 0.4) is 0 Å². The highest BCUT2D eigenvalue weighted by atomic mass is 127. The van der Waals surface area contributed by atoms with E-state index in [0.29, 0.717) is 13.1 Å². The van der Waals surface area contributed by atoms with Crippen molar-refractivity contribution in [2.75, 3.05) is 13.1 Å². The van der Waals surface area contributed by atoms with Crippen LogP contribution in [-0.2, 0) is 11.2 Å². The molecule has 7 nitrogen and oxygen atoms in total. The van der Waals surface area contributed by atoms with Gasteiger partial charge in [0.25, 0.3) is 0 Å². The molecular formula is C22H35IN4O3. The number of guanidine groups is 1. The number of fused-ring (bicyclic) bond motifs is 2. The Morgan fingerprint density at radius 3 is 2.63 bits per heavy atom. The van der Waals surface area contributed by atoms with Crippen molar-refractivity contribution in [1.82, 2.24) is 15.5 Å². The molecule has 2 N–H and O–H groups in total. The second kappa shape index (κ2) is 11.1. The maximum atomic E-state index is 12.6. The van der Waals surface area contributed by atoms with Crippen molar-refractivity contribution in [2.45, 2.75) is 76.6 Å². The number of nitrogens with zero attached hydrogens (tertiary/aromatic N) is 2. The van der Waals surface area contributed by atoms with Gasteiger partial charge in [0.1, 0.15) is 11.4 Å². The van der Waals surface area contributed by atoms with Crippen LogP contribution >= 0.6 is 24.0 Å². The number of amides is 1. The van der Waals surface area contributed by atoms with E-state index < -0.39 is 5.60 Å². The lowest BCUT2D eigenvalue weighted by atomic mass is 9.98. The third-order valence-corrected chi connectivity index (χ3v) is 5.30. The van der Waals surface area contributed by atoms with Crippen LogP contribution in [0.1, 0.15) is 52.2 Å². The van der Waals surface area contributed by atoms with Gasteiger partial charge in [-0.1, -0.05) is 6.08 Å². The van der Waals surface area contributed by atoms with Crippen LogP contribution < -0.4 is 10.6 Å². The number of furan rings is 1. The van der Waals surface area contributed by atoms with Gasteiger partial charge in [0.15, 0.2) is 5.96 Å². The van der Waals surface area contributed by atoms with Crippen LogP contribution in [0.2, 0.25) is 0 Å². The molecule has 2 unspecified atom stereocenters. The van der Waals surface area contributed by atoms with Crippen LogP contribution in [0.5, 0.6) is 0 Å². The van der Waals surface area contributed by atoms with Crippen LogP contribution in [0.4, 0.5) is 4.79 Å². The van der Waals surface area contributed by atoms with Gasteiger partial charge in [-0.15, -0.1) is 30.6 Å². The van der Waals surface area contributed by atoms with Crippen molar-refractivity contribution < 1.29 is 13.9 Å². The monoisotopic (exact) mass is 530 g/mol. The molecule has 0 aliphatic carbocycles. The number of aliphatic imine (C=N–C) groups is 1. The van der Waals surface area contributed by atoms with E-state index in [0.717, 1.165) is 43.8 Å². The minimum atomic E-state index is -0.464. The van der Waals surface area contributed by atoms with Crippen LogP contribution in [-0.4, -0.2) is 53.8 Å². The summed E-state index contributed by atoms with van der Waals surface area (Å²) in [5, 5.41) is 6.86. The minimum Gasteiger partial charge on any atom is -0.469 e. The zero-order valence-electron chi connectivity index (χ0n) is 18.2. The average molecular weight is 530 g/mol. The van der Waals surface area contributed by atoms with Gasteiger partial charge in [-0.25, -0.2) is 4.79 Å². The van der Waals surface area contributed by atoms with Crippen molar-refractivity contribution >= 4 is 36.0 Å². The number of carbonyl (C=O) groups is 1. The summed E-state index contributed by atoms with van der Waals surface area (Å²) in [6, 6.07) is 4.59. The Hall–Kier alpha value is -1.71. The van der Waals surface area contributed by atoms with Crippen LogP contribution in [0.25, 0.3) is 0 Å². The molecule has 168 valence electrons. The van der Waals surface area contributed by atoms with Gasteiger partial charge in [-0.05, 0) is 58.6 Å². The highest BCUT2D eigenvalue weighted by Crippen LogP contribution is 2.36. The molecule has 1 amide bonds. The number of halogens is 1. The smallest absolute Gasteiger partial charge is 0.410 e. The zero-order chi connectivity index (χ0) is 20.9. The van der Waals surface area contributed by atoms with Crippen molar-refractivity contribution in [2.24, 2.45) is 4.99 Å². The average Bonchev–Trinajstić information content (AvgIpc) is 3.24. The SMILES string of the molecule is C=CCNC(=NCCc1ccco1)NC1CC2CCC(C1)N2C(=O)OC(C)(C)C.I. The van der Waals surface area contributed by atoms with Gasteiger partial charge in [0.05, 0.1) is 6.26 Å². The first-order valence-electron chi connectivity index (χ1n) is 10.5. The topological polar surface area (TPSA) is 79.1 Å². The molecule has 2 saturated heterocycles. The molecule has 2 fully saturated rings. The van der Waals surface area contributed by atoms with E-state index in [1.54, 1.807) is 6.26 Å². The standard InChI is InChI=1S/C22H34N4O3.HI/c1-5-11-23-20(24-12-10-19-7-6-13-28-19)25-16-14-17-8-9-18(15-16)26(17)21(27)29-22(2,3)4;/h5-7,13,16-18H,1,8-12,14-15H2,2-4H3,(H2,23,24,25);1H. The molecule has 30 heavy (non-hydrogen) atoms. The van der Waals surface area contributed by atoms with E-state index in [2.05, 4.69) is 22.2 Å². The molecular weight excluding hydrogens is 495 g/mol. The minimum absolute atomic E-state index is 0. The number of hydrogen-bond donors (Lipinski definition) is 2. The van der Waals surface area contributed by atoms with Crippen LogP contribution in [0.15, 0.2) is 40.5 Å². The molecule has 0 radical (unpaired) electrons. The van der Waals surface area contributed by atoms with E-state index >= 15 is 0 Å². The normalized spacial score (nSPS) is 23.5. The summed E-state index contributed by atoms with van der Waals surface area (Å²) in [6.07, 6.45) is 7.96. The lowest BCUT2D eigenvalue weighted by Gasteiger charge is -2.40. The summed E-state index contributed by atoms with van der Waals surface area (Å²) in [5.41, 5.74) is -0.464. The number of piperidine rings is 1. The summed E-state index contributed by atoms with van der Waals surface area (Å²) in [6.45, 7) is 10.8. The Bertz CT molecular complexity index is 700. The highest BCUT2D eigenvalue weighted by Gasteiger charge is 2.45. The summed E-state index contributed by atoms with van der Waals surface area (Å²) < 4.78 is 11.0. The molecule has 1 aromatic heterocycles. The Morgan fingerprint density at radius 2 is 2.07 bits per heavy atom. The number of nitrogens with one attached hydrogen (secondary N) is 2. The predicted molar refractivity (Wildman–Crippen MR) is 129 cm³/mol. The number of ether oxygens (including phenoxy) is 1. The lowest BCUT2D eigenvalue weighted by Crippen LogP contribution is -2.55. The Kier molecular flexibility index (Phi) is 9.06. The predicted octanol–water partition coefficient (Wildman–Crippen LogP) is 4.09. The summed E-state index contributed by atoms with van der Waals surface area (Å²) >= 11 is 0. The largest absolute Gasteiger partial charge is 0.469 e. The Labute approximate surface area is 196 Å². The highest BCUT2D eigenvalue weighted by molar-refractivity contribution is 14.0. The first-order valence-corrected chi connectivity index (χ1v) is 10.5. The van der Waals surface area contributed by atoms with Gasteiger partial charge < -0.3 is 24.7 Å². The van der Waals surface area contributed by atoms with E-state index in [4.69, 9.17) is 9.15 Å². The molecule has 0 saturated carbocycles. The molecule has 3 heterocycles. The summed E-state index contributed by atoms with van der Waals surface area (Å²) in [4.78, 5) is 19.3.